The normalized spacial score (nSPS) is 11.3. The van der Waals surface area contributed by atoms with Gasteiger partial charge in [-0.15, -0.1) is 0 Å². The van der Waals surface area contributed by atoms with E-state index in [-0.39, 0.29) is 77.1 Å². The Hall–Kier alpha value is -2.84. The molecule has 2 N–H and O–H groups in total. The molecule has 0 aliphatic carbocycles. The summed E-state index contributed by atoms with van der Waals surface area (Å²) in [6.45, 7) is 4.44. The van der Waals surface area contributed by atoms with Crippen molar-refractivity contribution < 1.29 is 45.6 Å². The van der Waals surface area contributed by atoms with Crippen molar-refractivity contribution in [3.05, 3.63) is 96.1 Å². The number of benzene rings is 4. The molecule has 0 aliphatic heterocycles. The fraction of sp³-hybridized carbons (Fsp3) is 0.478. The van der Waals surface area contributed by atoms with Gasteiger partial charge in [0.2, 0.25) is 0 Å². The number of aromatic hydroxyl groups is 1. The minimum Gasteiger partial charge on any atom is -0.870 e. The molecule has 0 atom stereocenters. The molecule has 0 saturated carbocycles. The van der Waals surface area contributed by atoms with Crippen LogP contribution in [0, 0.1) is 0 Å². The van der Waals surface area contributed by atoms with Gasteiger partial charge in [0.05, 0.1) is 4.90 Å². The largest absolute Gasteiger partial charge is 2.00 e. The molecule has 4 aromatic carbocycles. The SMILES string of the molecule is CCCCCCCCCCCc1ccc(S(=O)(=O)O)c(Oc2ccccc2O)c1.CCCCCCCCCCCc1ccc(S(=O)(=O)[O-])c(Oc2ccccc2[O-])c1.[Ca+2]. The average molecular weight is 879 g/mol. The van der Waals surface area contributed by atoms with Gasteiger partial charge in [-0.3, -0.25) is 4.55 Å². The molecule has 59 heavy (non-hydrogen) atoms. The smallest absolute Gasteiger partial charge is 0.870 e. The van der Waals surface area contributed by atoms with E-state index in [0.717, 1.165) is 49.7 Å². The number of ether oxygens (including phenoxy) is 2. The van der Waals surface area contributed by atoms with Gasteiger partial charge in [0, 0.05) is 0 Å². The van der Waals surface area contributed by atoms with Crippen LogP contribution in [0.25, 0.3) is 0 Å². The van der Waals surface area contributed by atoms with Crippen molar-refractivity contribution in [1.82, 2.24) is 0 Å². The summed E-state index contributed by atoms with van der Waals surface area (Å²) >= 11 is 0. The van der Waals surface area contributed by atoms with Gasteiger partial charge < -0.3 is 24.2 Å². The van der Waals surface area contributed by atoms with E-state index in [0.29, 0.717) is 0 Å². The molecular weight excluding hydrogens is 817 g/mol. The third-order valence-corrected chi connectivity index (χ3v) is 11.6. The second-order valence-corrected chi connectivity index (χ2v) is 17.5. The van der Waals surface area contributed by atoms with Crippen LogP contribution in [0.15, 0.2) is 94.7 Å². The zero-order valence-electron chi connectivity index (χ0n) is 34.9. The Morgan fingerprint density at radius 3 is 1.34 bits per heavy atom. The Labute approximate surface area is 383 Å². The molecular formula is C46H62CaO10S2. The van der Waals surface area contributed by atoms with Crippen LogP contribution in [0.2, 0.25) is 0 Å². The van der Waals surface area contributed by atoms with Crippen LogP contribution in [0.3, 0.4) is 0 Å². The van der Waals surface area contributed by atoms with Crippen molar-refractivity contribution in [3.63, 3.8) is 0 Å². The molecule has 13 heteroatoms. The number of unbranched alkanes of at least 4 members (excludes halogenated alkanes) is 16. The van der Waals surface area contributed by atoms with Crippen LogP contribution in [-0.4, -0.2) is 68.8 Å². The van der Waals surface area contributed by atoms with E-state index in [1.807, 2.05) is 0 Å². The summed E-state index contributed by atoms with van der Waals surface area (Å²) in [5.41, 5.74) is 1.82. The van der Waals surface area contributed by atoms with E-state index in [1.165, 1.54) is 126 Å². The summed E-state index contributed by atoms with van der Waals surface area (Å²) in [5.74, 6) is -0.404. The first-order valence-corrected chi connectivity index (χ1v) is 23.8. The molecule has 0 spiro atoms. The predicted molar refractivity (Wildman–Crippen MR) is 232 cm³/mol. The van der Waals surface area contributed by atoms with Gasteiger partial charge >= 0.3 is 37.7 Å². The monoisotopic (exact) mass is 878 g/mol. The Kier molecular flexibility index (Phi) is 25.4. The van der Waals surface area contributed by atoms with E-state index >= 15 is 0 Å². The second-order valence-electron chi connectivity index (χ2n) is 14.8. The molecule has 0 aromatic heterocycles. The molecule has 0 saturated heterocycles. The van der Waals surface area contributed by atoms with E-state index in [1.54, 1.807) is 48.5 Å². The fourth-order valence-corrected chi connectivity index (χ4v) is 7.77. The zero-order chi connectivity index (χ0) is 42.2. The molecule has 10 nitrogen and oxygen atoms in total. The number of phenols is 1. The van der Waals surface area contributed by atoms with Crippen molar-refractivity contribution >= 4 is 58.0 Å². The van der Waals surface area contributed by atoms with E-state index in [2.05, 4.69) is 13.8 Å². The minimum atomic E-state index is -4.70. The standard InChI is InChI=1S/2C23H32O5S.Ca/c2*1-2-3-4-5-6-7-8-9-10-13-19-16-17-23(29(25,26)27)22(18-19)28-21-15-12-11-14-20(21)24;/h2*11-12,14-18,24H,2-10,13H2,1H3,(H,25,26,27);/q;;+2/p-2. The minimum absolute atomic E-state index is 0. The molecule has 320 valence electrons. The molecule has 0 bridgehead atoms. The predicted octanol–water partition coefficient (Wildman–Crippen LogP) is 11.7. The molecule has 0 aliphatic rings. The summed E-state index contributed by atoms with van der Waals surface area (Å²) in [6, 6.07) is 21.4. The summed E-state index contributed by atoms with van der Waals surface area (Å²) in [4.78, 5) is -0.756. The maximum absolute atomic E-state index is 11.9. The van der Waals surface area contributed by atoms with Crippen molar-refractivity contribution in [2.45, 2.75) is 152 Å². The van der Waals surface area contributed by atoms with Gasteiger partial charge in [-0.1, -0.05) is 165 Å². The van der Waals surface area contributed by atoms with Crippen LogP contribution in [0.1, 0.15) is 141 Å². The van der Waals surface area contributed by atoms with Gasteiger partial charge in [0.15, 0.2) is 11.5 Å². The zero-order valence-corrected chi connectivity index (χ0v) is 38.8. The number of phenolic OH excluding ortho intramolecular Hbond substituents is 1. The van der Waals surface area contributed by atoms with Crippen molar-refractivity contribution in [2.24, 2.45) is 0 Å². The maximum atomic E-state index is 11.9. The number of para-hydroxylation sites is 4. The third-order valence-electron chi connectivity index (χ3n) is 9.86. The van der Waals surface area contributed by atoms with Crippen LogP contribution in [-0.2, 0) is 33.1 Å². The molecule has 0 unspecified atom stereocenters. The van der Waals surface area contributed by atoms with Gasteiger partial charge in [-0.05, 0) is 79.3 Å². The number of hydrogen-bond acceptors (Lipinski definition) is 9. The quantitative estimate of drug-likeness (QED) is 0.0351. The van der Waals surface area contributed by atoms with E-state index in [9.17, 15) is 36.2 Å². The Balaban J connectivity index is 0.000000400. The molecule has 0 heterocycles. The van der Waals surface area contributed by atoms with Gasteiger partial charge in [-0.2, -0.15) is 8.42 Å². The van der Waals surface area contributed by atoms with E-state index in [4.69, 9.17) is 9.47 Å². The molecule has 0 amide bonds. The number of aryl methyl sites for hydroxylation is 2. The van der Waals surface area contributed by atoms with Gasteiger partial charge in [0.1, 0.15) is 32.3 Å². The Morgan fingerprint density at radius 1 is 0.508 bits per heavy atom. The van der Waals surface area contributed by atoms with Crippen molar-refractivity contribution in [1.29, 1.82) is 0 Å². The molecule has 4 aromatic rings. The summed E-state index contributed by atoms with van der Waals surface area (Å²) in [7, 11) is -9.13. The van der Waals surface area contributed by atoms with E-state index < -0.39 is 25.1 Å². The number of hydrogen-bond donors (Lipinski definition) is 2. The fourth-order valence-electron chi connectivity index (χ4n) is 6.59. The average Bonchev–Trinajstić information content (AvgIpc) is 3.18. The van der Waals surface area contributed by atoms with Crippen LogP contribution in [0.5, 0.6) is 34.5 Å². The molecule has 0 radical (unpaired) electrons. The van der Waals surface area contributed by atoms with Crippen LogP contribution in [0.4, 0.5) is 0 Å². The van der Waals surface area contributed by atoms with Gasteiger partial charge in [-0.25, -0.2) is 8.42 Å². The van der Waals surface area contributed by atoms with Crippen LogP contribution < -0.4 is 14.6 Å². The summed E-state index contributed by atoms with van der Waals surface area (Å²) in [6.07, 6.45) is 23.7. The summed E-state index contributed by atoms with van der Waals surface area (Å²) in [5, 5.41) is 21.8. The third kappa shape index (κ3) is 20.5. The maximum Gasteiger partial charge on any atom is 2.00 e. The second kappa shape index (κ2) is 28.6. The Morgan fingerprint density at radius 2 is 0.898 bits per heavy atom. The van der Waals surface area contributed by atoms with Gasteiger partial charge in [0.25, 0.3) is 10.1 Å². The topological polar surface area (TPSA) is 173 Å². The molecule has 0 fully saturated rings. The first-order chi connectivity index (χ1) is 27.8. The summed E-state index contributed by atoms with van der Waals surface area (Å²) < 4.78 is 78.6. The Bertz CT molecular complexity index is 1870. The number of rotatable bonds is 26. The van der Waals surface area contributed by atoms with Crippen molar-refractivity contribution in [3.8, 4) is 34.5 Å². The van der Waals surface area contributed by atoms with Crippen LogP contribution >= 0.6 is 0 Å². The first kappa shape index (κ1) is 52.3. The molecule has 4 rings (SSSR count). The van der Waals surface area contributed by atoms with Crippen molar-refractivity contribution in [2.75, 3.05) is 0 Å². The first-order valence-electron chi connectivity index (χ1n) is 20.9.